The number of rotatable bonds is 9. The summed E-state index contributed by atoms with van der Waals surface area (Å²) >= 11 is 12.2. The lowest BCUT2D eigenvalue weighted by Crippen LogP contribution is -2.55. The van der Waals surface area contributed by atoms with Gasteiger partial charge in [0.15, 0.2) is 5.60 Å². The number of nitrogens with one attached hydrogen (secondary N) is 2. The van der Waals surface area contributed by atoms with Crippen LogP contribution in [0.5, 0.6) is 5.75 Å². The molecular weight excluding hydrogens is 537 g/mol. The number of likely N-dealkylation sites (tertiary alicyclic amines) is 1. The quantitative estimate of drug-likeness (QED) is 0.452. The minimum atomic E-state index is -1.10. The van der Waals surface area contributed by atoms with E-state index in [1.165, 1.54) is 12.8 Å². The van der Waals surface area contributed by atoms with Crippen molar-refractivity contribution in [2.45, 2.75) is 76.1 Å². The van der Waals surface area contributed by atoms with E-state index in [0.717, 1.165) is 51.1 Å². The molecule has 1 aromatic carbocycles. The number of benzene rings is 1. The van der Waals surface area contributed by atoms with E-state index in [2.05, 4.69) is 25.4 Å². The molecule has 0 unspecified atom stereocenters. The van der Waals surface area contributed by atoms with E-state index in [-0.39, 0.29) is 29.9 Å². The lowest BCUT2D eigenvalue weighted by molar-refractivity contribution is -0.135. The standard InChI is InChI=1S/C29H37Cl2N5O3/c1-29(2,39-25-9-6-20(30)15-24(25)31)28(38)34-21-16-22-7-8-23(17-21)36(22)26-10-5-19(18-33-26)27(37)32-11-14-35-12-3-4-13-35/h5-6,9-10,15,18,21-23H,3-4,7-8,11-14,16-17H2,1-2H3,(H,32,37)(H,34,38)/t21-,22+,23-. The van der Waals surface area contributed by atoms with Crippen LogP contribution in [0.25, 0.3) is 0 Å². The van der Waals surface area contributed by atoms with Gasteiger partial charge in [-0.3, -0.25) is 9.59 Å². The number of carbonyl (C=O) groups is 2. The molecule has 2 aromatic rings. The maximum atomic E-state index is 13.2. The van der Waals surface area contributed by atoms with Crippen molar-refractivity contribution < 1.29 is 14.3 Å². The van der Waals surface area contributed by atoms with Crippen LogP contribution in [0.1, 0.15) is 62.7 Å². The van der Waals surface area contributed by atoms with E-state index < -0.39 is 5.60 Å². The summed E-state index contributed by atoms with van der Waals surface area (Å²) in [5.74, 6) is 1.06. The Morgan fingerprint density at radius 3 is 2.44 bits per heavy atom. The van der Waals surface area contributed by atoms with Crippen LogP contribution < -0.4 is 20.3 Å². The highest BCUT2D eigenvalue weighted by Gasteiger charge is 2.43. The maximum Gasteiger partial charge on any atom is 0.263 e. The second kappa shape index (κ2) is 11.9. The van der Waals surface area contributed by atoms with E-state index >= 15 is 0 Å². The first-order valence-corrected chi connectivity index (χ1v) is 14.6. The van der Waals surface area contributed by atoms with Crippen LogP contribution in [0.2, 0.25) is 10.0 Å². The van der Waals surface area contributed by atoms with Crippen molar-refractivity contribution in [3.8, 4) is 5.75 Å². The largest absolute Gasteiger partial charge is 0.476 e. The number of anilines is 1. The molecule has 0 saturated carbocycles. The third-order valence-electron chi connectivity index (χ3n) is 8.06. The summed E-state index contributed by atoms with van der Waals surface area (Å²) in [5, 5.41) is 7.10. The zero-order valence-corrected chi connectivity index (χ0v) is 24.1. The summed E-state index contributed by atoms with van der Waals surface area (Å²) in [6, 6.07) is 9.40. The smallest absolute Gasteiger partial charge is 0.263 e. The number of hydrogen-bond acceptors (Lipinski definition) is 6. The molecule has 10 heteroatoms. The van der Waals surface area contributed by atoms with Crippen molar-refractivity contribution in [3.63, 3.8) is 0 Å². The highest BCUT2D eigenvalue weighted by Crippen LogP contribution is 2.39. The van der Waals surface area contributed by atoms with Crippen molar-refractivity contribution in [1.82, 2.24) is 20.5 Å². The number of halogens is 2. The van der Waals surface area contributed by atoms with Gasteiger partial charge < -0.3 is 25.2 Å². The summed E-state index contributed by atoms with van der Waals surface area (Å²) in [6.45, 7) is 7.27. The zero-order valence-electron chi connectivity index (χ0n) is 22.6. The molecule has 8 nitrogen and oxygen atoms in total. The molecule has 3 aliphatic rings. The van der Waals surface area contributed by atoms with Crippen molar-refractivity contribution >= 4 is 40.8 Å². The van der Waals surface area contributed by atoms with Crippen LogP contribution in [0.4, 0.5) is 5.82 Å². The minimum absolute atomic E-state index is 0.0514. The zero-order chi connectivity index (χ0) is 27.6. The summed E-state index contributed by atoms with van der Waals surface area (Å²) in [5.41, 5.74) is -0.516. The number of nitrogens with zero attached hydrogens (tertiary/aromatic N) is 3. The topological polar surface area (TPSA) is 86.8 Å². The van der Waals surface area contributed by atoms with Crippen LogP contribution in [0.15, 0.2) is 36.5 Å². The molecule has 3 saturated heterocycles. The summed E-state index contributed by atoms with van der Waals surface area (Å²) in [4.78, 5) is 35.2. The number of pyridine rings is 1. The molecule has 2 bridgehead atoms. The second-order valence-electron chi connectivity index (χ2n) is 11.3. The third-order valence-corrected chi connectivity index (χ3v) is 8.59. The summed E-state index contributed by atoms with van der Waals surface area (Å²) in [7, 11) is 0. The Kier molecular flexibility index (Phi) is 8.55. The maximum absolute atomic E-state index is 13.2. The van der Waals surface area contributed by atoms with Gasteiger partial charge in [0.25, 0.3) is 11.8 Å². The van der Waals surface area contributed by atoms with Gasteiger partial charge in [0.05, 0.1) is 10.6 Å². The Morgan fingerprint density at radius 2 is 1.79 bits per heavy atom. The molecule has 3 aliphatic heterocycles. The van der Waals surface area contributed by atoms with Crippen molar-refractivity contribution in [2.24, 2.45) is 0 Å². The van der Waals surface area contributed by atoms with Gasteiger partial charge in [-0.15, -0.1) is 0 Å². The molecule has 0 radical (unpaired) electrons. The Balaban J connectivity index is 1.14. The van der Waals surface area contributed by atoms with Gasteiger partial charge in [-0.2, -0.15) is 0 Å². The fourth-order valence-electron chi connectivity index (χ4n) is 6.02. The van der Waals surface area contributed by atoms with Gasteiger partial charge in [0, 0.05) is 42.4 Å². The average Bonchev–Trinajstić information content (AvgIpc) is 3.51. The molecule has 0 spiro atoms. The molecule has 4 heterocycles. The predicted octanol–water partition coefficient (Wildman–Crippen LogP) is 4.69. The van der Waals surface area contributed by atoms with E-state index in [0.29, 0.717) is 27.9 Å². The van der Waals surface area contributed by atoms with E-state index in [1.54, 1.807) is 38.2 Å². The average molecular weight is 575 g/mol. The third kappa shape index (κ3) is 6.61. The minimum Gasteiger partial charge on any atom is -0.476 e. The Morgan fingerprint density at radius 1 is 1.08 bits per heavy atom. The van der Waals surface area contributed by atoms with Crippen LogP contribution in [0.3, 0.4) is 0 Å². The van der Waals surface area contributed by atoms with Crippen LogP contribution >= 0.6 is 23.2 Å². The number of ether oxygens (including phenoxy) is 1. The fraction of sp³-hybridized carbons (Fsp3) is 0.552. The van der Waals surface area contributed by atoms with Gasteiger partial charge in [0.1, 0.15) is 11.6 Å². The van der Waals surface area contributed by atoms with Crippen molar-refractivity contribution in [3.05, 3.63) is 52.1 Å². The number of carbonyl (C=O) groups excluding carboxylic acids is 2. The number of aromatic nitrogens is 1. The van der Waals surface area contributed by atoms with E-state index in [1.807, 2.05) is 12.1 Å². The van der Waals surface area contributed by atoms with Crippen LogP contribution in [-0.2, 0) is 4.79 Å². The van der Waals surface area contributed by atoms with E-state index in [4.69, 9.17) is 27.9 Å². The van der Waals surface area contributed by atoms with Gasteiger partial charge in [-0.25, -0.2) is 4.98 Å². The Labute approximate surface area is 240 Å². The Hall–Kier alpha value is -2.55. The van der Waals surface area contributed by atoms with Gasteiger partial charge >= 0.3 is 0 Å². The Bertz CT molecular complexity index is 1170. The van der Waals surface area contributed by atoms with Gasteiger partial charge in [0.2, 0.25) is 0 Å². The molecule has 0 aliphatic carbocycles. The number of fused-ring (bicyclic) bond motifs is 2. The highest BCUT2D eigenvalue weighted by molar-refractivity contribution is 6.35. The van der Waals surface area contributed by atoms with E-state index in [9.17, 15) is 9.59 Å². The molecule has 1 aromatic heterocycles. The highest BCUT2D eigenvalue weighted by atomic mass is 35.5. The fourth-order valence-corrected chi connectivity index (χ4v) is 6.46. The molecule has 2 N–H and O–H groups in total. The SMILES string of the molecule is CC(C)(Oc1ccc(Cl)cc1Cl)C(=O)N[C@H]1C[C@H]2CC[C@@H](C1)N2c1ccc(C(=O)NCCN2CCCC2)cn1. The molecule has 39 heavy (non-hydrogen) atoms. The lowest BCUT2D eigenvalue weighted by Gasteiger charge is -2.40. The molecule has 2 amide bonds. The number of amides is 2. The van der Waals surface area contributed by atoms with Crippen molar-refractivity contribution in [1.29, 1.82) is 0 Å². The van der Waals surface area contributed by atoms with Crippen LogP contribution in [-0.4, -0.2) is 71.6 Å². The monoisotopic (exact) mass is 573 g/mol. The van der Waals surface area contributed by atoms with Crippen LogP contribution in [0, 0.1) is 0 Å². The molecule has 3 fully saturated rings. The summed E-state index contributed by atoms with van der Waals surface area (Å²) < 4.78 is 5.97. The predicted molar refractivity (Wildman–Crippen MR) is 154 cm³/mol. The first-order chi connectivity index (χ1) is 18.7. The number of piperidine rings is 1. The lowest BCUT2D eigenvalue weighted by atomic mass is 9.96. The van der Waals surface area contributed by atoms with Gasteiger partial charge in [-0.05, 0) is 95.8 Å². The first kappa shape index (κ1) is 28.0. The molecular formula is C29H37Cl2N5O3. The number of hydrogen-bond donors (Lipinski definition) is 2. The summed E-state index contributed by atoms with van der Waals surface area (Å²) in [6.07, 6.45) is 7.94. The van der Waals surface area contributed by atoms with Gasteiger partial charge in [-0.1, -0.05) is 23.2 Å². The molecule has 210 valence electrons. The molecule has 3 atom stereocenters. The normalized spacial score (nSPS) is 23.1. The first-order valence-electron chi connectivity index (χ1n) is 13.9. The van der Waals surface area contributed by atoms with Crippen molar-refractivity contribution in [2.75, 3.05) is 31.1 Å². The second-order valence-corrected chi connectivity index (χ2v) is 12.2. The molecule has 5 rings (SSSR count).